The zero-order chi connectivity index (χ0) is 31.1. The first-order valence-electron chi connectivity index (χ1n) is 14.1. The van der Waals surface area contributed by atoms with Gasteiger partial charge in [0.25, 0.3) is 5.91 Å². The molecule has 2 aromatic carbocycles. The van der Waals surface area contributed by atoms with Crippen LogP contribution in [0.2, 0.25) is 0 Å². The summed E-state index contributed by atoms with van der Waals surface area (Å²) in [6.07, 6.45) is -0.437. The van der Waals surface area contributed by atoms with Crippen LogP contribution >= 0.6 is 0 Å². The number of nitrogens with zero attached hydrogens (tertiary/aromatic N) is 1. The van der Waals surface area contributed by atoms with Crippen molar-refractivity contribution >= 4 is 29.5 Å². The molecule has 0 heterocycles. The third-order valence-electron chi connectivity index (χ3n) is 6.96. The molecule has 41 heavy (non-hydrogen) atoms. The predicted octanol–water partition coefficient (Wildman–Crippen LogP) is 5.39. The van der Waals surface area contributed by atoms with Crippen LogP contribution in [-0.2, 0) is 19.1 Å². The average molecular weight is 567 g/mol. The number of amides is 4. The first-order valence-corrected chi connectivity index (χ1v) is 14.1. The Balaban J connectivity index is 2.66. The van der Waals surface area contributed by atoms with E-state index in [-0.39, 0.29) is 18.7 Å². The van der Waals surface area contributed by atoms with Crippen LogP contribution in [0.3, 0.4) is 0 Å². The number of carbonyl (C=O) groups is 4. The molecule has 9 nitrogen and oxygen atoms in total. The average Bonchev–Trinajstić information content (AvgIpc) is 2.85. The molecule has 3 atom stereocenters. The number of anilines is 1. The Bertz CT molecular complexity index is 1250. The van der Waals surface area contributed by atoms with Gasteiger partial charge in [-0.3, -0.25) is 14.4 Å². The summed E-state index contributed by atoms with van der Waals surface area (Å²) in [5.41, 5.74) is 9.61. The molecule has 0 spiro atoms. The number of benzene rings is 2. The molecular formula is C32H46N4O5. The molecule has 0 saturated carbocycles. The third kappa shape index (κ3) is 9.33. The van der Waals surface area contributed by atoms with E-state index in [1.807, 2.05) is 77.9 Å². The van der Waals surface area contributed by atoms with Gasteiger partial charge < -0.3 is 26.0 Å². The molecule has 4 N–H and O–H groups in total. The van der Waals surface area contributed by atoms with Crippen molar-refractivity contribution in [3.05, 3.63) is 64.2 Å². The van der Waals surface area contributed by atoms with Gasteiger partial charge >= 0.3 is 6.09 Å². The fourth-order valence-corrected chi connectivity index (χ4v) is 4.72. The van der Waals surface area contributed by atoms with Crippen LogP contribution in [0, 0.1) is 27.7 Å². The second kappa shape index (κ2) is 14.1. The zero-order valence-corrected chi connectivity index (χ0v) is 25.9. The molecule has 224 valence electrons. The SMILES string of the molecule is CCC(C)N(C(=O)C(CCC(N)=O)NC(=O)OC(C)(C)C)C(C(=O)Nc1c(C)cccc1C)c1ccc(C)cc1C. The number of aryl methyl sites for hydroxylation is 4. The van der Waals surface area contributed by atoms with Crippen LogP contribution in [0.4, 0.5) is 10.5 Å². The molecular weight excluding hydrogens is 520 g/mol. The van der Waals surface area contributed by atoms with Crippen LogP contribution in [-0.4, -0.2) is 46.4 Å². The molecule has 4 amide bonds. The number of hydrogen-bond acceptors (Lipinski definition) is 5. The largest absolute Gasteiger partial charge is 0.444 e. The third-order valence-corrected chi connectivity index (χ3v) is 6.96. The summed E-state index contributed by atoms with van der Waals surface area (Å²) < 4.78 is 5.41. The highest BCUT2D eigenvalue weighted by Gasteiger charge is 2.39. The summed E-state index contributed by atoms with van der Waals surface area (Å²) >= 11 is 0. The summed E-state index contributed by atoms with van der Waals surface area (Å²) in [4.78, 5) is 54.6. The topological polar surface area (TPSA) is 131 Å². The summed E-state index contributed by atoms with van der Waals surface area (Å²) in [6.45, 7) is 16.6. The highest BCUT2D eigenvalue weighted by molar-refractivity contribution is 6.00. The van der Waals surface area contributed by atoms with E-state index in [1.54, 1.807) is 20.8 Å². The van der Waals surface area contributed by atoms with E-state index in [9.17, 15) is 19.2 Å². The first kappa shape index (κ1) is 33.3. The molecule has 0 aliphatic rings. The van der Waals surface area contributed by atoms with Gasteiger partial charge in [0.2, 0.25) is 11.8 Å². The fraction of sp³-hybridized carbons (Fsp3) is 0.500. The van der Waals surface area contributed by atoms with Crippen LogP contribution in [0.5, 0.6) is 0 Å². The van der Waals surface area contributed by atoms with Crippen molar-refractivity contribution in [1.82, 2.24) is 10.2 Å². The van der Waals surface area contributed by atoms with Crippen LogP contribution in [0.15, 0.2) is 36.4 Å². The van der Waals surface area contributed by atoms with Crippen molar-refractivity contribution in [3.8, 4) is 0 Å². The van der Waals surface area contributed by atoms with Gasteiger partial charge in [0.05, 0.1) is 0 Å². The lowest BCUT2D eigenvalue weighted by molar-refractivity contribution is -0.143. The Labute approximate surface area is 244 Å². The van der Waals surface area contributed by atoms with Gasteiger partial charge in [-0.15, -0.1) is 0 Å². The quantitative estimate of drug-likeness (QED) is 0.336. The number of nitrogens with two attached hydrogens (primary N) is 1. The maximum atomic E-state index is 14.4. The fourth-order valence-electron chi connectivity index (χ4n) is 4.72. The summed E-state index contributed by atoms with van der Waals surface area (Å²) in [6, 6.07) is 8.93. The zero-order valence-electron chi connectivity index (χ0n) is 25.9. The van der Waals surface area contributed by atoms with Crippen molar-refractivity contribution < 1.29 is 23.9 Å². The van der Waals surface area contributed by atoms with E-state index in [0.717, 1.165) is 22.3 Å². The number of ether oxygens (including phenoxy) is 1. The predicted molar refractivity (Wildman–Crippen MR) is 161 cm³/mol. The first-order chi connectivity index (χ1) is 19.0. The summed E-state index contributed by atoms with van der Waals surface area (Å²) in [5, 5.41) is 5.71. The Morgan fingerprint density at radius 2 is 1.59 bits per heavy atom. The standard InChI is InChI=1S/C32H46N4O5/c1-10-23(6)36(30(39)25(16-17-26(33)37)34-31(40)41-32(7,8)9)28(24-15-14-19(2)18-22(24)5)29(38)35-27-20(3)12-11-13-21(27)4/h11-15,18,23,25,28H,10,16-17H2,1-9H3,(H2,33,37)(H,34,40)(H,35,38). The van der Waals surface area contributed by atoms with Crippen LogP contribution in [0.1, 0.15) is 87.7 Å². The Kier molecular flexibility index (Phi) is 11.5. The lowest BCUT2D eigenvalue weighted by Crippen LogP contribution is -2.55. The molecule has 2 rings (SSSR count). The van der Waals surface area contributed by atoms with Gasteiger partial charge in [0, 0.05) is 18.2 Å². The number of primary amides is 1. The maximum absolute atomic E-state index is 14.4. The van der Waals surface area contributed by atoms with E-state index in [1.165, 1.54) is 4.90 Å². The smallest absolute Gasteiger partial charge is 0.408 e. The minimum atomic E-state index is -1.15. The van der Waals surface area contributed by atoms with Gasteiger partial charge in [0.1, 0.15) is 17.7 Å². The second-order valence-electron chi connectivity index (χ2n) is 11.7. The number of hydrogen-bond donors (Lipinski definition) is 3. The number of nitrogens with one attached hydrogen (secondary N) is 2. The van der Waals surface area contributed by atoms with Gasteiger partial charge in [-0.05, 0) is 90.5 Å². The minimum Gasteiger partial charge on any atom is -0.444 e. The van der Waals surface area contributed by atoms with Crippen molar-refractivity contribution in [2.24, 2.45) is 5.73 Å². The van der Waals surface area contributed by atoms with Gasteiger partial charge in [-0.2, -0.15) is 0 Å². The maximum Gasteiger partial charge on any atom is 0.408 e. The molecule has 0 saturated heterocycles. The van der Waals surface area contributed by atoms with E-state index in [4.69, 9.17) is 10.5 Å². The molecule has 0 radical (unpaired) electrons. The highest BCUT2D eigenvalue weighted by Crippen LogP contribution is 2.31. The Morgan fingerprint density at radius 1 is 0.976 bits per heavy atom. The molecule has 0 aromatic heterocycles. The molecule has 2 aromatic rings. The van der Waals surface area contributed by atoms with E-state index in [0.29, 0.717) is 17.7 Å². The van der Waals surface area contributed by atoms with Crippen molar-refractivity contribution in [3.63, 3.8) is 0 Å². The van der Waals surface area contributed by atoms with E-state index >= 15 is 0 Å². The summed E-state index contributed by atoms with van der Waals surface area (Å²) in [5.74, 6) is -1.50. The van der Waals surface area contributed by atoms with Gasteiger partial charge in [-0.25, -0.2) is 4.79 Å². The van der Waals surface area contributed by atoms with Gasteiger partial charge in [0.15, 0.2) is 0 Å². The van der Waals surface area contributed by atoms with Gasteiger partial charge in [-0.1, -0.05) is 48.9 Å². The van der Waals surface area contributed by atoms with Crippen LogP contribution in [0.25, 0.3) is 0 Å². The lowest BCUT2D eigenvalue weighted by atomic mass is 9.94. The Morgan fingerprint density at radius 3 is 2.10 bits per heavy atom. The molecule has 0 aliphatic carbocycles. The lowest BCUT2D eigenvalue weighted by Gasteiger charge is -2.39. The minimum absolute atomic E-state index is 0.0432. The monoisotopic (exact) mass is 566 g/mol. The Hall–Kier alpha value is -3.88. The number of alkyl carbamates (subject to hydrolysis) is 1. The normalized spacial score (nSPS) is 13.5. The number of para-hydroxylation sites is 1. The van der Waals surface area contributed by atoms with Crippen molar-refractivity contribution in [1.29, 1.82) is 0 Å². The number of carbonyl (C=O) groups excluding carboxylic acids is 4. The summed E-state index contributed by atoms with van der Waals surface area (Å²) in [7, 11) is 0. The number of rotatable bonds is 11. The van der Waals surface area contributed by atoms with Crippen molar-refractivity contribution in [2.45, 2.75) is 105 Å². The molecule has 9 heteroatoms. The molecule has 0 fully saturated rings. The van der Waals surface area contributed by atoms with E-state index < -0.39 is 41.6 Å². The molecule has 3 unspecified atom stereocenters. The van der Waals surface area contributed by atoms with E-state index in [2.05, 4.69) is 10.6 Å². The highest BCUT2D eigenvalue weighted by atomic mass is 16.6. The molecule has 0 bridgehead atoms. The second-order valence-corrected chi connectivity index (χ2v) is 11.7. The van der Waals surface area contributed by atoms with Crippen molar-refractivity contribution in [2.75, 3.05) is 5.32 Å². The van der Waals surface area contributed by atoms with Crippen LogP contribution < -0.4 is 16.4 Å². The molecule has 0 aliphatic heterocycles.